The van der Waals surface area contributed by atoms with E-state index in [1.54, 1.807) is 6.92 Å². The Morgan fingerprint density at radius 3 is 2.65 bits per heavy atom. The average molecular weight is 305 g/mol. The summed E-state index contributed by atoms with van der Waals surface area (Å²) in [6, 6.07) is 3.68. The molecule has 2 N–H and O–H groups in total. The standard InChI is InChI=1S/C13H20FNO4S/c1-10-4-5-11(8-12(10)14)20(17,18)15-9-13(2,16)6-7-19-3/h4-5,8,15-16H,6-7,9H2,1-3H3. The zero-order valence-corrected chi connectivity index (χ0v) is 12.6. The number of halogens is 1. The van der Waals surface area contributed by atoms with Gasteiger partial charge in [0.2, 0.25) is 10.0 Å². The van der Waals surface area contributed by atoms with Crippen molar-refractivity contribution in [1.82, 2.24) is 4.72 Å². The molecule has 0 fully saturated rings. The molecular formula is C13H20FNO4S. The molecule has 1 unspecified atom stereocenters. The highest BCUT2D eigenvalue weighted by Gasteiger charge is 2.24. The Morgan fingerprint density at radius 1 is 1.45 bits per heavy atom. The van der Waals surface area contributed by atoms with Crippen LogP contribution in [0.25, 0.3) is 0 Å². The van der Waals surface area contributed by atoms with E-state index in [2.05, 4.69) is 4.72 Å². The van der Waals surface area contributed by atoms with Gasteiger partial charge in [-0.1, -0.05) is 6.07 Å². The first kappa shape index (κ1) is 17.0. The quantitative estimate of drug-likeness (QED) is 0.794. The third kappa shape index (κ3) is 4.82. The first-order chi connectivity index (χ1) is 9.18. The lowest BCUT2D eigenvalue weighted by molar-refractivity contribution is 0.0292. The Hall–Kier alpha value is -1.02. The summed E-state index contributed by atoms with van der Waals surface area (Å²) in [7, 11) is -2.35. The Labute approximate surface area is 118 Å². The van der Waals surface area contributed by atoms with Crippen molar-refractivity contribution in [2.24, 2.45) is 0 Å². The molecule has 0 aliphatic carbocycles. The van der Waals surface area contributed by atoms with Gasteiger partial charge in [0, 0.05) is 26.7 Å². The molecule has 0 heterocycles. The lowest BCUT2D eigenvalue weighted by Crippen LogP contribution is -2.41. The second-order valence-electron chi connectivity index (χ2n) is 4.98. The Morgan fingerprint density at radius 2 is 2.10 bits per heavy atom. The molecule has 0 spiro atoms. The fourth-order valence-corrected chi connectivity index (χ4v) is 2.66. The smallest absolute Gasteiger partial charge is 0.240 e. The fourth-order valence-electron chi connectivity index (χ4n) is 1.48. The highest BCUT2D eigenvalue weighted by molar-refractivity contribution is 7.89. The predicted octanol–water partition coefficient (Wildman–Crippen LogP) is 1.20. The molecule has 20 heavy (non-hydrogen) atoms. The van der Waals surface area contributed by atoms with E-state index in [0.717, 1.165) is 6.07 Å². The number of aliphatic hydroxyl groups is 1. The van der Waals surface area contributed by atoms with Gasteiger partial charge in [0.15, 0.2) is 0 Å². The van der Waals surface area contributed by atoms with E-state index in [0.29, 0.717) is 12.2 Å². The van der Waals surface area contributed by atoms with Crippen LogP contribution in [-0.4, -0.2) is 39.4 Å². The molecule has 1 rings (SSSR count). The molecule has 0 aliphatic heterocycles. The van der Waals surface area contributed by atoms with Crippen molar-refractivity contribution in [3.05, 3.63) is 29.6 Å². The topological polar surface area (TPSA) is 75.6 Å². The van der Waals surface area contributed by atoms with E-state index < -0.39 is 21.4 Å². The Balaban J connectivity index is 2.77. The van der Waals surface area contributed by atoms with Gasteiger partial charge in [0.25, 0.3) is 0 Å². The molecule has 0 radical (unpaired) electrons. The molecule has 1 aromatic carbocycles. The SMILES string of the molecule is COCCC(C)(O)CNS(=O)(=O)c1ccc(C)c(F)c1. The molecule has 0 saturated heterocycles. The molecule has 1 aromatic rings. The van der Waals surface area contributed by atoms with Crippen molar-refractivity contribution < 1.29 is 22.7 Å². The van der Waals surface area contributed by atoms with Crippen LogP contribution in [0.15, 0.2) is 23.1 Å². The van der Waals surface area contributed by atoms with Crippen LogP contribution in [-0.2, 0) is 14.8 Å². The van der Waals surface area contributed by atoms with E-state index in [4.69, 9.17) is 4.74 Å². The predicted molar refractivity (Wildman–Crippen MR) is 73.4 cm³/mol. The summed E-state index contributed by atoms with van der Waals surface area (Å²) in [5.74, 6) is -0.584. The normalized spacial score (nSPS) is 15.1. The van der Waals surface area contributed by atoms with E-state index in [1.165, 1.54) is 26.2 Å². The first-order valence-corrected chi connectivity index (χ1v) is 7.63. The number of ether oxygens (including phenoxy) is 1. The van der Waals surface area contributed by atoms with Crippen LogP contribution in [0.4, 0.5) is 4.39 Å². The molecule has 0 amide bonds. The molecular weight excluding hydrogens is 285 g/mol. The number of hydrogen-bond acceptors (Lipinski definition) is 4. The maximum absolute atomic E-state index is 13.4. The minimum Gasteiger partial charge on any atom is -0.389 e. The van der Waals surface area contributed by atoms with Gasteiger partial charge < -0.3 is 9.84 Å². The van der Waals surface area contributed by atoms with Gasteiger partial charge in [0.05, 0.1) is 10.5 Å². The zero-order chi connectivity index (χ0) is 15.4. The van der Waals surface area contributed by atoms with Gasteiger partial charge in [0.1, 0.15) is 5.82 Å². The number of nitrogens with one attached hydrogen (secondary N) is 1. The fraction of sp³-hybridized carbons (Fsp3) is 0.538. The van der Waals surface area contributed by atoms with Crippen LogP contribution in [0.2, 0.25) is 0 Å². The summed E-state index contributed by atoms with van der Waals surface area (Å²) in [6.45, 7) is 3.20. The molecule has 0 saturated carbocycles. The monoisotopic (exact) mass is 305 g/mol. The van der Waals surface area contributed by atoms with Crippen molar-refractivity contribution in [3.63, 3.8) is 0 Å². The van der Waals surface area contributed by atoms with Gasteiger partial charge in [-0.3, -0.25) is 0 Å². The summed E-state index contributed by atoms with van der Waals surface area (Å²) in [4.78, 5) is -0.164. The van der Waals surface area contributed by atoms with Gasteiger partial charge in [-0.2, -0.15) is 0 Å². The highest BCUT2D eigenvalue weighted by Crippen LogP contribution is 2.15. The summed E-state index contributed by atoms with van der Waals surface area (Å²) >= 11 is 0. The largest absolute Gasteiger partial charge is 0.389 e. The van der Waals surface area contributed by atoms with Crippen LogP contribution >= 0.6 is 0 Å². The molecule has 114 valence electrons. The number of methoxy groups -OCH3 is 1. The maximum atomic E-state index is 13.4. The molecule has 1 atom stereocenters. The van der Waals surface area contributed by atoms with Gasteiger partial charge in [-0.25, -0.2) is 17.5 Å². The first-order valence-electron chi connectivity index (χ1n) is 6.15. The van der Waals surface area contributed by atoms with Crippen LogP contribution < -0.4 is 4.72 Å². The van der Waals surface area contributed by atoms with E-state index >= 15 is 0 Å². The van der Waals surface area contributed by atoms with Crippen LogP contribution in [0.1, 0.15) is 18.9 Å². The van der Waals surface area contributed by atoms with Crippen molar-refractivity contribution in [1.29, 1.82) is 0 Å². The highest BCUT2D eigenvalue weighted by atomic mass is 32.2. The average Bonchev–Trinajstić information content (AvgIpc) is 2.37. The van der Waals surface area contributed by atoms with Crippen molar-refractivity contribution in [2.45, 2.75) is 30.8 Å². The zero-order valence-electron chi connectivity index (χ0n) is 11.8. The molecule has 5 nitrogen and oxygen atoms in total. The van der Waals surface area contributed by atoms with Crippen molar-refractivity contribution in [3.8, 4) is 0 Å². The molecule has 0 bridgehead atoms. The maximum Gasteiger partial charge on any atom is 0.240 e. The van der Waals surface area contributed by atoms with E-state index in [1.807, 2.05) is 0 Å². The number of benzene rings is 1. The molecule has 7 heteroatoms. The number of hydrogen-bond donors (Lipinski definition) is 2. The Bertz CT molecular complexity index is 557. The van der Waals surface area contributed by atoms with Gasteiger partial charge >= 0.3 is 0 Å². The van der Waals surface area contributed by atoms with Crippen molar-refractivity contribution >= 4 is 10.0 Å². The molecule has 0 aliphatic rings. The lowest BCUT2D eigenvalue weighted by Gasteiger charge is -2.23. The number of aryl methyl sites for hydroxylation is 1. The lowest BCUT2D eigenvalue weighted by atomic mass is 10.0. The number of sulfonamides is 1. The van der Waals surface area contributed by atoms with Crippen LogP contribution in [0.3, 0.4) is 0 Å². The van der Waals surface area contributed by atoms with E-state index in [-0.39, 0.29) is 17.9 Å². The molecule has 0 aromatic heterocycles. The second-order valence-corrected chi connectivity index (χ2v) is 6.74. The minimum atomic E-state index is -3.85. The third-order valence-corrected chi connectivity index (χ3v) is 4.34. The van der Waals surface area contributed by atoms with Crippen LogP contribution in [0, 0.1) is 12.7 Å². The summed E-state index contributed by atoms with van der Waals surface area (Å²) < 4.78 is 44.5. The summed E-state index contributed by atoms with van der Waals surface area (Å²) in [5.41, 5.74) is -0.859. The summed E-state index contributed by atoms with van der Waals surface area (Å²) in [6.07, 6.45) is 0.286. The minimum absolute atomic E-state index is 0.164. The summed E-state index contributed by atoms with van der Waals surface area (Å²) in [5, 5.41) is 9.97. The van der Waals surface area contributed by atoms with Gasteiger partial charge in [-0.05, 0) is 31.5 Å². The van der Waals surface area contributed by atoms with Crippen molar-refractivity contribution in [2.75, 3.05) is 20.3 Å². The number of rotatable bonds is 7. The Kier molecular flexibility index (Phi) is 5.64. The van der Waals surface area contributed by atoms with E-state index in [9.17, 15) is 17.9 Å². The third-order valence-electron chi connectivity index (χ3n) is 2.94. The van der Waals surface area contributed by atoms with Crippen LogP contribution in [0.5, 0.6) is 0 Å². The van der Waals surface area contributed by atoms with Gasteiger partial charge in [-0.15, -0.1) is 0 Å². The second kappa shape index (κ2) is 6.62.